The van der Waals surface area contributed by atoms with Gasteiger partial charge in [0, 0.05) is 17.2 Å². The summed E-state index contributed by atoms with van der Waals surface area (Å²) in [7, 11) is 0. The molecule has 0 saturated carbocycles. The molecule has 2 nitrogen and oxygen atoms in total. The van der Waals surface area contributed by atoms with Crippen LogP contribution in [0.25, 0.3) is 11.1 Å². The Balaban J connectivity index is 2.43. The predicted molar refractivity (Wildman–Crippen MR) is 63.5 cm³/mol. The van der Waals surface area contributed by atoms with Crippen molar-refractivity contribution in [3.8, 4) is 16.9 Å². The second-order valence-corrected chi connectivity index (χ2v) is 3.80. The van der Waals surface area contributed by atoms with Gasteiger partial charge in [0.25, 0.3) is 0 Å². The van der Waals surface area contributed by atoms with Gasteiger partial charge in [-0.3, -0.25) is 4.79 Å². The fourth-order valence-electron chi connectivity index (χ4n) is 1.62. The van der Waals surface area contributed by atoms with Gasteiger partial charge < -0.3 is 5.11 Å². The molecule has 0 aliphatic carbocycles. The highest BCUT2D eigenvalue weighted by atomic mass is 19.1. The summed E-state index contributed by atoms with van der Waals surface area (Å²) in [4.78, 5) is 11.1. The van der Waals surface area contributed by atoms with Crippen molar-refractivity contribution in [1.82, 2.24) is 0 Å². The molecular formula is C14H11FO2. The van der Waals surface area contributed by atoms with Crippen LogP contribution in [0.4, 0.5) is 4.39 Å². The van der Waals surface area contributed by atoms with Crippen molar-refractivity contribution in [3.63, 3.8) is 0 Å². The quantitative estimate of drug-likeness (QED) is 0.803. The molecular weight excluding hydrogens is 219 g/mol. The number of phenolic OH excluding ortho intramolecular Hbond substituents is 1. The zero-order valence-corrected chi connectivity index (χ0v) is 9.27. The molecule has 0 saturated heterocycles. The van der Waals surface area contributed by atoms with E-state index in [0.717, 1.165) is 6.07 Å². The molecule has 1 N–H and O–H groups in total. The molecule has 0 fully saturated rings. The molecule has 0 bridgehead atoms. The number of hydrogen-bond donors (Lipinski definition) is 1. The van der Waals surface area contributed by atoms with Gasteiger partial charge in [0.05, 0.1) is 0 Å². The van der Waals surface area contributed by atoms with Crippen molar-refractivity contribution in [3.05, 3.63) is 53.8 Å². The summed E-state index contributed by atoms with van der Waals surface area (Å²) < 4.78 is 13.6. The van der Waals surface area contributed by atoms with Crippen molar-refractivity contribution in [1.29, 1.82) is 0 Å². The topological polar surface area (TPSA) is 37.3 Å². The van der Waals surface area contributed by atoms with E-state index in [-0.39, 0.29) is 11.5 Å². The van der Waals surface area contributed by atoms with E-state index in [4.69, 9.17) is 5.11 Å². The first-order valence-electron chi connectivity index (χ1n) is 5.18. The standard InChI is InChI=1S/C14H11FO2/c1-9(16)10-2-4-11(5-3-10)13-7-6-12(17)8-14(13)15/h2-8,17H,1H3. The van der Waals surface area contributed by atoms with Gasteiger partial charge in [-0.25, -0.2) is 4.39 Å². The summed E-state index contributed by atoms with van der Waals surface area (Å²) in [6.45, 7) is 1.48. The Morgan fingerprint density at radius 2 is 1.76 bits per heavy atom. The Labute approximate surface area is 98.3 Å². The number of hydrogen-bond acceptors (Lipinski definition) is 2. The van der Waals surface area contributed by atoms with Gasteiger partial charge in [-0.05, 0) is 24.6 Å². The highest BCUT2D eigenvalue weighted by molar-refractivity contribution is 5.94. The van der Waals surface area contributed by atoms with Gasteiger partial charge in [0.2, 0.25) is 0 Å². The van der Waals surface area contributed by atoms with E-state index >= 15 is 0 Å². The normalized spacial score (nSPS) is 10.2. The molecule has 0 aliphatic heterocycles. The first-order chi connectivity index (χ1) is 8.08. The Hall–Kier alpha value is -2.16. The van der Waals surface area contributed by atoms with Crippen molar-refractivity contribution >= 4 is 5.78 Å². The molecule has 2 rings (SSSR count). The second kappa shape index (κ2) is 4.37. The van der Waals surface area contributed by atoms with Crippen LogP contribution in [0.3, 0.4) is 0 Å². The van der Waals surface area contributed by atoms with Crippen molar-refractivity contribution < 1.29 is 14.3 Å². The number of carbonyl (C=O) groups excluding carboxylic acids is 1. The highest BCUT2D eigenvalue weighted by Crippen LogP contribution is 2.25. The van der Waals surface area contributed by atoms with E-state index in [1.54, 1.807) is 24.3 Å². The van der Waals surface area contributed by atoms with Gasteiger partial charge in [-0.1, -0.05) is 24.3 Å². The molecule has 0 unspecified atom stereocenters. The minimum Gasteiger partial charge on any atom is -0.508 e. The molecule has 86 valence electrons. The van der Waals surface area contributed by atoms with E-state index < -0.39 is 5.82 Å². The lowest BCUT2D eigenvalue weighted by atomic mass is 10.0. The van der Waals surface area contributed by atoms with E-state index in [0.29, 0.717) is 16.7 Å². The highest BCUT2D eigenvalue weighted by Gasteiger charge is 2.06. The number of Topliss-reactive ketones (excluding diaryl/α,β-unsaturated/α-hetero) is 1. The molecule has 3 heteroatoms. The van der Waals surface area contributed by atoms with Crippen LogP contribution in [0.1, 0.15) is 17.3 Å². The summed E-state index contributed by atoms with van der Waals surface area (Å²) >= 11 is 0. The average Bonchev–Trinajstić information content (AvgIpc) is 2.29. The number of carbonyl (C=O) groups is 1. The van der Waals surface area contributed by atoms with E-state index in [9.17, 15) is 9.18 Å². The van der Waals surface area contributed by atoms with Crippen LogP contribution in [-0.2, 0) is 0 Å². The van der Waals surface area contributed by atoms with Crippen LogP contribution in [0, 0.1) is 5.82 Å². The number of halogens is 1. The van der Waals surface area contributed by atoms with Gasteiger partial charge in [0.15, 0.2) is 5.78 Å². The summed E-state index contributed by atoms with van der Waals surface area (Å²) in [5.74, 6) is -0.616. The average molecular weight is 230 g/mol. The molecule has 0 radical (unpaired) electrons. The van der Waals surface area contributed by atoms with E-state index in [1.807, 2.05) is 0 Å². The van der Waals surface area contributed by atoms with Gasteiger partial charge in [0.1, 0.15) is 11.6 Å². The van der Waals surface area contributed by atoms with E-state index in [1.165, 1.54) is 19.1 Å². The Bertz CT molecular complexity index is 559. The molecule has 2 aromatic rings. The predicted octanol–water partition coefficient (Wildman–Crippen LogP) is 3.40. The van der Waals surface area contributed by atoms with Gasteiger partial charge >= 0.3 is 0 Å². The lowest BCUT2D eigenvalue weighted by molar-refractivity contribution is 0.101. The van der Waals surface area contributed by atoms with Crippen LogP contribution in [0.15, 0.2) is 42.5 Å². The first-order valence-corrected chi connectivity index (χ1v) is 5.18. The van der Waals surface area contributed by atoms with Gasteiger partial charge in [-0.2, -0.15) is 0 Å². The summed E-state index contributed by atoms with van der Waals surface area (Å²) in [5, 5.41) is 9.12. The zero-order chi connectivity index (χ0) is 12.4. The Morgan fingerprint density at radius 1 is 1.12 bits per heavy atom. The largest absolute Gasteiger partial charge is 0.508 e. The maximum absolute atomic E-state index is 13.6. The van der Waals surface area contributed by atoms with Crippen LogP contribution < -0.4 is 0 Å². The number of benzene rings is 2. The second-order valence-electron chi connectivity index (χ2n) is 3.80. The summed E-state index contributed by atoms with van der Waals surface area (Å²) in [6.07, 6.45) is 0. The van der Waals surface area contributed by atoms with Crippen LogP contribution in [0.5, 0.6) is 5.75 Å². The maximum Gasteiger partial charge on any atom is 0.159 e. The number of rotatable bonds is 2. The fourth-order valence-corrected chi connectivity index (χ4v) is 1.62. The van der Waals surface area contributed by atoms with Crippen LogP contribution in [0.2, 0.25) is 0 Å². The first kappa shape index (κ1) is 11.3. The smallest absolute Gasteiger partial charge is 0.159 e. The lowest BCUT2D eigenvalue weighted by Gasteiger charge is -2.04. The minimum absolute atomic E-state index is 0.0253. The third-order valence-corrected chi connectivity index (χ3v) is 2.56. The summed E-state index contributed by atoms with van der Waals surface area (Å²) in [5.41, 5.74) is 1.67. The molecule has 0 aromatic heterocycles. The van der Waals surface area contributed by atoms with Gasteiger partial charge in [-0.15, -0.1) is 0 Å². The summed E-state index contributed by atoms with van der Waals surface area (Å²) in [6, 6.07) is 10.7. The molecule has 17 heavy (non-hydrogen) atoms. The number of ketones is 1. The molecule has 0 amide bonds. The minimum atomic E-state index is -0.486. The molecule has 0 aliphatic rings. The zero-order valence-electron chi connectivity index (χ0n) is 9.27. The third kappa shape index (κ3) is 2.33. The monoisotopic (exact) mass is 230 g/mol. The van der Waals surface area contributed by atoms with Crippen molar-refractivity contribution in [2.75, 3.05) is 0 Å². The van der Waals surface area contributed by atoms with Crippen molar-refractivity contribution in [2.45, 2.75) is 6.92 Å². The Kier molecular flexibility index (Phi) is 2.91. The maximum atomic E-state index is 13.6. The molecule has 0 atom stereocenters. The number of phenols is 1. The van der Waals surface area contributed by atoms with Crippen LogP contribution in [-0.4, -0.2) is 10.9 Å². The number of aromatic hydroxyl groups is 1. The third-order valence-electron chi connectivity index (χ3n) is 2.56. The fraction of sp³-hybridized carbons (Fsp3) is 0.0714. The van der Waals surface area contributed by atoms with Crippen LogP contribution >= 0.6 is 0 Å². The van der Waals surface area contributed by atoms with Crippen molar-refractivity contribution in [2.24, 2.45) is 0 Å². The molecule has 0 spiro atoms. The SMILES string of the molecule is CC(=O)c1ccc(-c2ccc(O)cc2F)cc1. The Morgan fingerprint density at radius 3 is 2.29 bits per heavy atom. The molecule has 0 heterocycles. The van der Waals surface area contributed by atoms with E-state index in [2.05, 4.69) is 0 Å². The molecule has 2 aromatic carbocycles. The lowest BCUT2D eigenvalue weighted by Crippen LogP contribution is -1.91.